The van der Waals surface area contributed by atoms with Gasteiger partial charge in [-0.2, -0.15) is 0 Å². The van der Waals surface area contributed by atoms with Gasteiger partial charge in [0.15, 0.2) is 12.5 Å². The van der Waals surface area contributed by atoms with Gasteiger partial charge >= 0.3 is 0 Å². The minimum Gasteiger partial charge on any atom is -0.388 e. The molecule has 0 spiro atoms. The molecule has 3 rings (SSSR count). The summed E-state index contributed by atoms with van der Waals surface area (Å²) in [6, 6.07) is 14.8. The van der Waals surface area contributed by atoms with E-state index in [9.17, 15) is 19.1 Å². The lowest BCUT2D eigenvalue weighted by Gasteiger charge is -2.26. The molecular weight excluding hydrogens is 349 g/mol. The highest BCUT2D eigenvalue weighted by atomic mass is 19.1. The van der Waals surface area contributed by atoms with E-state index in [4.69, 9.17) is 4.74 Å². The number of aldehydes is 1. The zero-order valence-corrected chi connectivity index (χ0v) is 14.8. The van der Waals surface area contributed by atoms with Crippen LogP contribution >= 0.6 is 0 Å². The lowest BCUT2D eigenvalue weighted by atomic mass is 10.0. The van der Waals surface area contributed by atoms with Gasteiger partial charge < -0.3 is 14.7 Å². The van der Waals surface area contributed by atoms with Crippen LogP contribution < -0.4 is 0 Å². The normalized spacial score (nSPS) is 20.4. The molecule has 142 valence electrons. The van der Waals surface area contributed by atoms with E-state index in [-0.39, 0.29) is 30.8 Å². The number of ether oxygens (including phenoxy) is 1. The number of amides is 1. The SMILES string of the molecule is O=CC1OCC(c2ccccc2)N1C(=O)CCCC(O)c1ccc(F)cc1. The van der Waals surface area contributed by atoms with E-state index in [0.717, 1.165) is 5.56 Å². The molecular formula is C21H22FNO4. The molecule has 1 aliphatic rings. The summed E-state index contributed by atoms with van der Waals surface area (Å²) in [5.41, 5.74) is 1.53. The van der Waals surface area contributed by atoms with Crippen molar-refractivity contribution in [1.29, 1.82) is 0 Å². The van der Waals surface area contributed by atoms with Gasteiger partial charge in [-0.3, -0.25) is 9.59 Å². The summed E-state index contributed by atoms with van der Waals surface area (Å²) in [6.07, 6.45) is -0.0112. The van der Waals surface area contributed by atoms with Crippen LogP contribution in [0.5, 0.6) is 0 Å². The molecule has 1 heterocycles. The van der Waals surface area contributed by atoms with Crippen molar-refractivity contribution in [1.82, 2.24) is 4.90 Å². The first kappa shape index (κ1) is 19.2. The van der Waals surface area contributed by atoms with Crippen LogP contribution in [0.3, 0.4) is 0 Å². The van der Waals surface area contributed by atoms with E-state index in [1.54, 1.807) is 0 Å². The molecule has 1 saturated heterocycles. The van der Waals surface area contributed by atoms with E-state index in [2.05, 4.69) is 0 Å². The van der Waals surface area contributed by atoms with Gasteiger partial charge in [-0.1, -0.05) is 42.5 Å². The number of aliphatic hydroxyl groups is 1. The predicted octanol–water partition coefficient (Wildman–Crippen LogP) is 3.15. The molecule has 0 aromatic heterocycles. The van der Waals surface area contributed by atoms with Crippen molar-refractivity contribution in [3.8, 4) is 0 Å². The topological polar surface area (TPSA) is 66.8 Å². The van der Waals surface area contributed by atoms with Crippen molar-refractivity contribution in [2.24, 2.45) is 0 Å². The molecule has 6 heteroatoms. The van der Waals surface area contributed by atoms with Crippen LogP contribution in [0.4, 0.5) is 4.39 Å². The van der Waals surface area contributed by atoms with Gasteiger partial charge in [0.1, 0.15) is 5.82 Å². The smallest absolute Gasteiger partial charge is 0.225 e. The van der Waals surface area contributed by atoms with Gasteiger partial charge in [0.25, 0.3) is 0 Å². The van der Waals surface area contributed by atoms with Gasteiger partial charge in [-0.05, 0) is 36.1 Å². The minimum absolute atomic E-state index is 0.190. The molecule has 1 aliphatic heterocycles. The predicted molar refractivity (Wildman–Crippen MR) is 97.0 cm³/mol. The minimum atomic E-state index is -0.885. The molecule has 1 fully saturated rings. The van der Waals surface area contributed by atoms with Gasteiger partial charge in [0.05, 0.1) is 18.8 Å². The molecule has 0 saturated carbocycles. The van der Waals surface area contributed by atoms with Crippen molar-refractivity contribution in [2.75, 3.05) is 6.61 Å². The van der Waals surface area contributed by atoms with Crippen molar-refractivity contribution in [2.45, 2.75) is 37.6 Å². The van der Waals surface area contributed by atoms with Crippen LogP contribution in [0.15, 0.2) is 54.6 Å². The average molecular weight is 371 g/mol. The number of aliphatic hydroxyl groups excluding tert-OH is 1. The summed E-state index contributed by atoms with van der Waals surface area (Å²) in [4.78, 5) is 25.5. The molecule has 0 aliphatic carbocycles. The summed E-state index contributed by atoms with van der Waals surface area (Å²) in [5.74, 6) is -0.549. The van der Waals surface area contributed by atoms with Gasteiger partial charge in [-0.25, -0.2) is 4.39 Å². The highest BCUT2D eigenvalue weighted by Gasteiger charge is 2.38. The van der Waals surface area contributed by atoms with Gasteiger partial charge in [-0.15, -0.1) is 0 Å². The Balaban J connectivity index is 1.59. The summed E-state index contributed by atoms with van der Waals surface area (Å²) >= 11 is 0. The number of carbonyl (C=O) groups excluding carboxylic acids is 2. The lowest BCUT2D eigenvalue weighted by molar-refractivity contribution is -0.142. The van der Waals surface area contributed by atoms with Crippen molar-refractivity contribution < 1.29 is 23.8 Å². The summed E-state index contributed by atoms with van der Waals surface area (Å²) in [5, 5.41) is 10.2. The molecule has 3 unspecified atom stereocenters. The van der Waals surface area contributed by atoms with Crippen LogP contribution in [0.25, 0.3) is 0 Å². The largest absolute Gasteiger partial charge is 0.388 e. The fraction of sp³-hybridized carbons (Fsp3) is 0.333. The van der Waals surface area contributed by atoms with Crippen LogP contribution in [-0.2, 0) is 14.3 Å². The van der Waals surface area contributed by atoms with E-state index in [0.29, 0.717) is 24.7 Å². The van der Waals surface area contributed by atoms with E-state index in [1.807, 2.05) is 30.3 Å². The number of halogens is 1. The molecule has 0 bridgehead atoms. The fourth-order valence-corrected chi connectivity index (χ4v) is 3.31. The number of benzene rings is 2. The average Bonchev–Trinajstić information content (AvgIpc) is 3.13. The summed E-state index contributed by atoms with van der Waals surface area (Å²) in [6.45, 7) is 0.275. The zero-order valence-electron chi connectivity index (χ0n) is 14.8. The highest BCUT2D eigenvalue weighted by molar-refractivity contribution is 5.80. The Morgan fingerprint density at radius 3 is 2.59 bits per heavy atom. The fourth-order valence-electron chi connectivity index (χ4n) is 3.31. The Kier molecular flexibility index (Phi) is 6.32. The Morgan fingerprint density at radius 1 is 1.22 bits per heavy atom. The Hall–Kier alpha value is -2.57. The molecule has 27 heavy (non-hydrogen) atoms. The molecule has 1 N–H and O–H groups in total. The Morgan fingerprint density at radius 2 is 1.93 bits per heavy atom. The third kappa shape index (κ3) is 4.59. The van der Waals surface area contributed by atoms with Crippen LogP contribution in [0.1, 0.15) is 42.5 Å². The molecule has 3 atom stereocenters. The van der Waals surface area contributed by atoms with Crippen LogP contribution in [-0.4, -0.2) is 35.0 Å². The van der Waals surface area contributed by atoms with Crippen molar-refractivity contribution >= 4 is 12.2 Å². The van der Waals surface area contributed by atoms with E-state index < -0.39 is 12.3 Å². The summed E-state index contributed by atoms with van der Waals surface area (Å²) < 4.78 is 18.4. The van der Waals surface area contributed by atoms with E-state index in [1.165, 1.54) is 29.2 Å². The van der Waals surface area contributed by atoms with Crippen molar-refractivity contribution in [3.05, 3.63) is 71.5 Å². The Labute approximate surface area is 157 Å². The molecule has 2 aromatic rings. The maximum atomic E-state index is 13.0. The van der Waals surface area contributed by atoms with Gasteiger partial charge in [0, 0.05) is 6.42 Å². The molecule has 2 aromatic carbocycles. The number of hydrogen-bond donors (Lipinski definition) is 1. The molecule has 0 radical (unpaired) electrons. The third-order valence-corrected chi connectivity index (χ3v) is 4.75. The van der Waals surface area contributed by atoms with Crippen LogP contribution in [0, 0.1) is 5.82 Å². The first-order valence-electron chi connectivity index (χ1n) is 8.96. The maximum absolute atomic E-state index is 13.0. The number of carbonyl (C=O) groups is 2. The number of hydrogen-bond acceptors (Lipinski definition) is 4. The van der Waals surface area contributed by atoms with Crippen molar-refractivity contribution in [3.63, 3.8) is 0 Å². The summed E-state index contributed by atoms with van der Waals surface area (Å²) in [7, 11) is 0. The molecule has 1 amide bonds. The zero-order chi connectivity index (χ0) is 19.2. The van der Waals surface area contributed by atoms with E-state index >= 15 is 0 Å². The number of nitrogens with zero attached hydrogens (tertiary/aromatic N) is 1. The quantitative estimate of drug-likeness (QED) is 0.760. The highest BCUT2D eigenvalue weighted by Crippen LogP contribution is 2.31. The number of rotatable bonds is 7. The third-order valence-electron chi connectivity index (χ3n) is 4.75. The second-order valence-electron chi connectivity index (χ2n) is 6.55. The monoisotopic (exact) mass is 371 g/mol. The first-order valence-corrected chi connectivity index (χ1v) is 8.96. The standard InChI is InChI=1S/C21H22FNO4/c22-17-11-9-16(10-12-17)19(25)7-4-8-20(26)23-18(14-27-21(23)13-24)15-5-2-1-3-6-15/h1-3,5-6,9-13,18-19,21,25H,4,7-8,14H2. The Bertz CT molecular complexity index is 766. The van der Waals surface area contributed by atoms with Gasteiger partial charge in [0.2, 0.25) is 5.91 Å². The second kappa shape index (κ2) is 8.88. The maximum Gasteiger partial charge on any atom is 0.225 e. The van der Waals surface area contributed by atoms with Crippen LogP contribution in [0.2, 0.25) is 0 Å². The lowest BCUT2D eigenvalue weighted by Crippen LogP contribution is -2.38. The first-order chi connectivity index (χ1) is 13.1. The molecule has 5 nitrogen and oxygen atoms in total. The second-order valence-corrected chi connectivity index (χ2v) is 6.55.